The number of carboxylic acids is 1. The number of nitrogens with one attached hydrogen (secondary N) is 1. The van der Waals surface area contributed by atoms with Crippen molar-refractivity contribution in [2.24, 2.45) is 0 Å². The van der Waals surface area contributed by atoms with Crippen molar-refractivity contribution in [1.29, 1.82) is 0 Å². The molecule has 0 aromatic heterocycles. The average molecular weight is 287 g/mol. The van der Waals surface area contributed by atoms with Crippen LogP contribution >= 0.6 is 0 Å². The molecule has 1 amide bonds. The van der Waals surface area contributed by atoms with Gasteiger partial charge in [0, 0.05) is 18.9 Å². The molecule has 4 N–H and O–H groups in total. The van der Waals surface area contributed by atoms with Gasteiger partial charge in [0.25, 0.3) is 0 Å². The van der Waals surface area contributed by atoms with Gasteiger partial charge in [-0.05, 0) is 6.08 Å². The molecule has 8 heteroatoms. The fourth-order valence-corrected chi connectivity index (χ4v) is 1.92. The highest BCUT2D eigenvalue weighted by Gasteiger charge is 2.35. The van der Waals surface area contributed by atoms with Crippen LogP contribution in [0.4, 0.5) is 0 Å². The fraction of sp³-hybridized carbons (Fsp3) is 0.583. The molecule has 3 atom stereocenters. The molecular formula is C12H17NO7. The van der Waals surface area contributed by atoms with E-state index in [9.17, 15) is 19.5 Å². The highest BCUT2D eigenvalue weighted by molar-refractivity contribution is 5.87. The normalized spacial score (nSPS) is 25.8. The number of aliphatic carboxylic acids is 1. The second kappa shape index (κ2) is 7.13. The molecule has 1 aliphatic carbocycles. The second-order valence-corrected chi connectivity index (χ2v) is 4.46. The average Bonchev–Trinajstić information content (AvgIpc) is 2.38. The molecule has 0 saturated heterocycles. The van der Waals surface area contributed by atoms with Crippen LogP contribution in [0.2, 0.25) is 0 Å². The van der Waals surface area contributed by atoms with Crippen LogP contribution in [0.25, 0.3) is 0 Å². The van der Waals surface area contributed by atoms with Crippen LogP contribution in [0, 0.1) is 0 Å². The van der Waals surface area contributed by atoms with Gasteiger partial charge in [0.1, 0.15) is 13.2 Å². The van der Waals surface area contributed by atoms with Crippen molar-refractivity contribution in [2.75, 3.05) is 13.2 Å². The molecule has 20 heavy (non-hydrogen) atoms. The number of rotatable bonds is 6. The highest BCUT2D eigenvalue weighted by atomic mass is 16.5. The van der Waals surface area contributed by atoms with Gasteiger partial charge >= 0.3 is 5.97 Å². The highest BCUT2D eigenvalue weighted by Crippen LogP contribution is 2.22. The molecule has 112 valence electrons. The molecule has 0 heterocycles. The van der Waals surface area contributed by atoms with Crippen molar-refractivity contribution >= 4 is 17.7 Å². The fourth-order valence-electron chi connectivity index (χ4n) is 1.92. The predicted molar refractivity (Wildman–Crippen MR) is 65.8 cm³/mol. The van der Waals surface area contributed by atoms with Crippen molar-refractivity contribution in [3.05, 3.63) is 11.6 Å². The van der Waals surface area contributed by atoms with Crippen LogP contribution in [-0.2, 0) is 19.1 Å². The summed E-state index contributed by atoms with van der Waals surface area (Å²) in [7, 11) is 0. The smallest absolute Gasteiger partial charge is 0.331 e. The summed E-state index contributed by atoms with van der Waals surface area (Å²) >= 11 is 0. The number of carbonyl (C=O) groups is 3. The molecule has 0 bridgehead atoms. The molecule has 0 aliphatic heterocycles. The summed E-state index contributed by atoms with van der Waals surface area (Å²) in [4.78, 5) is 33.1. The molecular weight excluding hydrogens is 270 g/mol. The maximum atomic E-state index is 11.1. The Labute approximate surface area is 115 Å². The first-order valence-corrected chi connectivity index (χ1v) is 5.98. The lowest BCUT2D eigenvalue weighted by Gasteiger charge is -2.33. The van der Waals surface area contributed by atoms with E-state index < -0.39 is 49.1 Å². The number of ketones is 1. The van der Waals surface area contributed by atoms with Gasteiger partial charge in [-0.25, -0.2) is 4.79 Å². The first-order chi connectivity index (χ1) is 9.35. The molecule has 1 rings (SSSR count). The lowest BCUT2D eigenvalue weighted by molar-refractivity contribution is -0.134. The number of aliphatic hydroxyl groups excluding tert-OH is 2. The lowest BCUT2D eigenvalue weighted by atomic mass is 9.90. The Hall–Kier alpha value is -1.77. The molecule has 0 saturated carbocycles. The molecule has 0 unspecified atom stereocenters. The Balaban J connectivity index is 2.84. The van der Waals surface area contributed by atoms with Gasteiger partial charge in [-0.2, -0.15) is 0 Å². The van der Waals surface area contributed by atoms with Crippen LogP contribution in [-0.4, -0.2) is 64.4 Å². The minimum absolute atomic E-state index is 0.0550. The quantitative estimate of drug-likeness (QED) is 0.453. The molecule has 8 nitrogen and oxygen atoms in total. The number of ether oxygens (including phenoxy) is 1. The first-order valence-electron chi connectivity index (χ1n) is 5.98. The summed E-state index contributed by atoms with van der Waals surface area (Å²) < 4.78 is 5.21. The minimum atomic E-state index is -1.23. The zero-order chi connectivity index (χ0) is 15.3. The summed E-state index contributed by atoms with van der Waals surface area (Å²) in [6, 6.07) is -0.845. The number of amides is 1. The van der Waals surface area contributed by atoms with E-state index in [0.29, 0.717) is 0 Å². The number of hydrogen-bond acceptors (Lipinski definition) is 6. The summed E-state index contributed by atoms with van der Waals surface area (Å²) in [6.45, 7) is 0.137. The first kappa shape index (κ1) is 16.3. The van der Waals surface area contributed by atoms with Crippen LogP contribution in [0.3, 0.4) is 0 Å². The van der Waals surface area contributed by atoms with E-state index in [0.717, 1.165) is 6.08 Å². The van der Waals surface area contributed by atoms with Crippen LogP contribution in [0.1, 0.15) is 13.3 Å². The summed E-state index contributed by atoms with van der Waals surface area (Å²) in [5.41, 5.74) is -0.0550. The summed E-state index contributed by atoms with van der Waals surface area (Å²) in [5, 5.41) is 29.9. The van der Waals surface area contributed by atoms with Gasteiger partial charge in [0.05, 0.1) is 18.2 Å². The Kier molecular flexibility index (Phi) is 5.81. The van der Waals surface area contributed by atoms with Crippen molar-refractivity contribution in [3.63, 3.8) is 0 Å². The maximum Gasteiger partial charge on any atom is 0.331 e. The molecule has 1 aliphatic rings. The predicted octanol–water partition coefficient (Wildman–Crippen LogP) is -1.79. The van der Waals surface area contributed by atoms with Crippen molar-refractivity contribution in [3.8, 4) is 0 Å². The third kappa shape index (κ3) is 4.41. The van der Waals surface area contributed by atoms with E-state index in [2.05, 4.69) is 5.32 Å². The van der Waals surface area contributed by atoms with E-state index in [1.807, 2.05) is 0 Å². The van der Waals surface area contributed by atoms with Gasteiger partial charge in [0.2, 0.25) is 5.91 Å². The number of Topliss-reactive ketones (excluding diaryl/α,β-unsaturated/α-hetero) is 1. The van der Waals surface area contributed by atoms with Crippen molar-refractivity contribution in [1.82, 2.24) is 5.32 Å². The van der Waals surface area contributed by atoms with Gasteiger partial charge in [-0.1, -0.05) is 0 Å². The third-order valence-corrected chi connectivity index (χ3v) is 2.84. The summed E-state index contributed by atoms with van der Waals surface area (Å²) in [6.07, 6.45) is -1.01. The molecule has 0 radical (unpaired) electrons. The van der Waals surface area contributed by atoms with E-state index in [1.165, 1.54) is 6.92 Å². The van der Waals surface area contributed by atoms with Crippen LogP contribution in [0.15, 0.2) is 11.6 Å². The van der Waals surface area contributed by atoms with Gasteiger partial charge in [-0.15, -0.1) is 0 Å². The van der Waals surface area contributed by atoms with Gasteiger partial charge < -0.3 is 25.4 Å². The Morgan fingerprint density at radius 1 is 1.45 bits per heavy atom. The molecule has 0 fully saturated rings. The van der Waals surface area contributed by atoms with Crippen molar-refractivity contribution in [2.45, 2.75) is 31.6 Å². The van der Waals surface area contributed by atoms with Crippen LogP contribution in [0.5, 0.6) is 0 Å². The Morgan fingerprint density at radius 2 is 2.10 bits per heavy atom. The Morgan fingerprint density at radius 3 is 2.60 bits per heavy atom. The standard InChI is InChI=1S/C12H17NO7/c1-6(15)13-11-9(17)2-7(12(18)19)3-10(11)20-5-8(16)4-14/h2,9-11,14,17H,3-5H2,1H3,(H,13,15)(H,18,19)/t9-,10+,11+/m0/s1. The van der Waals surface area contributed by atoms with Gasteiger partial charge in [-0.3, -0.25) is 9.59 Å². The van der Waals surface area contributed by atoms with E-state index in [1.54, 1.807) is 0 Å². The lowest BCUT2D eigenvalue weighted by Crippen LogP contribution is -2.53. The largest absolute Gasteiger partial charge is 0.478 e. The minimum Gasteiger partial charge on any atom is -0.478 e. The molecule has 0 spiro atoms. The Bertz CT molecular complexity index is 432. The summed E-state index contributed by atoms with van der Waals surface area (Å²) in [5.74, 6) is -2.19. The SMILES string of the molecule is CC(=O)N[C@@H]1[C@@H](O)C=C(C(=O)O)C[C@H]1OCC(=O)CO. The number of carboxylic acid groups (broad SMARTS) is 1. The third-order valence-electron chi connectivity index (χ3n) is 2.84. The van der Waals surface area contributed by atoms with E-state index >= 15 is 0 Å². The van der Waals surface area contributed by atoms with E-state index in [-0.39, 0.29) is 12.0 Å². The maximum absolute atomic E-state index is 11.1. The number of aliphatic hydroxyl groups is 2. The second-order valence-electron chi connectivity index (χ2n) is 4.46. The van der Waals surface area contributed by atoms with Crippen molar-refractivity contribution < 1.29 is 34.4 Å². The number of hydrogen-bond donors (Lipinski definition) is 4. The molecule has 0 aromatic rings. The zero-order valence-electron chi connectivity index (χ0n) is 10.9. The van der Waals surface area contributed by atoms with E-state index in [4.69, 9.17) is 14.9 Å². The zero-order valence-corrected chi connectivity index (χ0v) is 10.9. The monoisotopic (exact) mass is 287 g/mol. The molecule has 0 aromatic carbocycles. The topological polar surface area (TPSA) is 133 Å². The van der Waals surface area contributed by atoms with Gasteiger partial charge in [0.15, 0.2) is 5.78 Å². The number of carbonyl (C=O) groups excluding carboxylic acids is 2. The van der Waals surface area contributed by atoms with Crippen LogP contribution < -0.4 is 5.32 Å².